The van der Waals surface area contributed by atoms with Crippen molar-refractivity contribution in [3.8, 4) is 5.75 Å². The van der Waals surface area contributed by atoms with E-state index in [0.29, 0.717) is 0 Å². The van der Waals surface area contributed by atoms with E-state index in [1.807, 2.05) is 0 Å². The van der Waals surface area contributed by atoms with E-state index < -0.39 is 39.1 Å². The SMILES string of the molecule is CN(CC(O)COc1ccc(C(F)(F)F)cc1)c1ccc([N+](=O)[O-])cc1[N+](=O)[O-]. The molecule has 0 radical (unpaired) electrons. The summed E-state index contributed by atoms with van der Waals surface area (Å²) < 4.78 is 42.8. The number of anilines is 1. The summed E-state index contributed by atoms with van der Waals surface area (Å²) in [6.07, 6.45) is -5.61. The summed E-state index contributed by atoms with van der Waals surface area (Å²) in [4.78, 5) is 21.8. The first-order valence-corrected chi connectivity index (χ1v) is 8.11. The van der Waals surface area contributed by atoms with Crippen LogP contribution in [-0.4, -0.2) is 41.3 Å². The monoisotopic (exact) mass is 415 g/mol. The minimum Gasteiger partial charge on any atom is -0.491 e. The van der Waals surface area contributed by atoms with Crippen molar-refractivity contribution in [2.24, 2.45) is 0 Å². The second kappa shape index (κ2) is 8.73. The van der Waals surface area contributed by atoms with Gasteiger partial charge in [-0.2, -0.15) is 13.2 Å². The first-order chi connectivity index (χ1) is 13.5. The van der Waals surface area contributed by atoms with E-state index >= 15 is 0 Å². The highest BCUT2D eigenvalue weighted by Crippen LogP contribution is 2.32. The third-order valence-electron chi connectivity index (χ3n) is 3.89. The third-order valence-corrected chi connectivity index (χ3v) is 3.89. The van der Waals surface area contributed by atoms with Crippen LogP contribution >= 0.6 is 0 Å². The second-order valence-electron chi connectivity index (χ2n) is 6.05. The molecule has 0 heterocycles. The molecule has 0 aromatic heterocycles. The fraction of sp³-hybridized carbons (Fsp3) is 0.294. The molecule has 0 bridgehead atoms. The summed E-state index contributed by atoms with van der Waals surface area (Å²) in [6.45, 7) is -0.407. The van der Waals surface area contributed by atoms with Gasteiger partial charge in [0.25, 0.3) is 11.4 Å². The summed E-state index contributed by atoms with van der Waals surface area (Å²) in [5.41, 5.74) is -1.73. The molecule has 2 aromatic rings. The topological polar surface area (TPSA) is 119 Å². The van der Waals surface area contributed by atoms with E-state index in [0.717, 1.165) is 36.4 Å². The average molecular weight is 415 g/mol. The van der Waals surface area contributed by atoms with Crippen LogP contribution in [0.1, 0.15) is 5.56 Å². The molecule has 0 aliphatic carbocycles. The molecule has 156 valence electrons. The Hall–Kier alpha value is -3.41. The lowest BCUT2D eigenvalue weighted by molar-refractivity contribution is -0.393. The van der Waals surface area contributed by atoms with E-state index in [1.54, 1.807) is 0 Å². The van der Waals surface area contributed by atoms with E-state index in [9.17, 15) is 38.5 Å². The van der Waals surface area contributed by atoms with E-state index in [4.69, 9.17) is 4.74 Å². The highest BCUT2D eigenvalue weighted by Gasteiger charge is 2.30. The molecule has 0 spiro atoms. The zero-order valence-electron chi connectivity index (χ0n) is 15.0. The number of nitro groups is 2. The Morgan fingerprint density at radius 1 is 1.10 bits per heavy atom. The number of ether oxygens (including phenoxy) is 1. The second-order valence-corrected chi connectivity index (χ2v) is 6.05. The quantitative estimate of drug-likeness (QED) is 0.518. The lowest BCUT2D eigenvalue weighted by atomic mass is 10.2. The predicted molar refractivity (Wildman–Crippen MR) is 96.0 cm³/mol. The van der Waals surface area contributed by atoms with Crippen molar-refractivity contribution in [2.45, 2.75) is 12.3 Å². The van der Waals surface area contributed by atoms with Crippen LogP contribution in [0.5, 0.6) is 5.75 Å². The third kappa shape index (κ3) is 5.78. The molecule has 9 nitrogen and oxygen atoms in total. The normalized spacial score (nSPS) is 12.3. The van der Waals surface area contributed by atoms with Crippen molar-refractivity contribution >= 4 is 17.1 Å². The molecule has 0 amide bonds. The molecule has 2 aromatic carbocycles. The van der Waals surface area contributed by atoms with Crippen LogP contribution in [0.4, 0.5) is 30.2 Å². The van der Waals surface area contributed by atoms with Gasteiger partial charge in [0.1, 0.15) is 24.1 Å². The summed E-state index contributed by atoms with van der Waals surface area (Å²) in [5.74, 6) is 0.112. The number of nitrogens with zero attached hydrogens (tertiary/aromatic N) is 3. The van der Waals surface area contributed by atoms with Crippen molar-refractivity contribution in [3.63, 3.8) is 0 Å². The highest BCUT2D eigenvalue weighted by atomic mass is 19.4. The Balaban J connectivity index is 2.01. The van der Waals surface area contributed by atoms with Gasteiger partial charge in [0.15, 0.2) is 0 Å². The van der Waals surface area contributed by atoms with Gasteiger partial charge in [-0.05, 0) is 30.3 Å². The maximum absolute atomic E-state index is 12.5. The molecular formula is C17H16F3N3O6. The van der Waals surface area contributed by atoms with Crippen LogP contribution in [-0.2, 0) is 6.18 Å². The largest absolute Gasteiger partial charge is 0.491 e. The number of aliphatic hydroxyl groups excluding tert-OH is 1. The number of non-ortho nitro benzene ring substituents is 1. The lowest BCUT2D eigenvalue weighted by Crippen LogP contribution is -2.33. The summed E-state index contributed by atoms with van der Waals surface area (Å²) >= 11 is 0. The maximum atomic E-state index is 12.5. The lowest BCUT2D eigenvalue weighted by Gasteiger charge is -2.22. The zero-order chi connectivity index (χ0) is 21.8. The Bertz CT molecular complexity index is 889. The number of nitro benzene ring substituents is 2. The van der Waals surface area contributed by atoms with Crippen molar-refractivity contribution < 1.29 is 32.9 Å². The molecule has 1 unspecified atom stereocenters. The molecule has 0 aliphatic rings. The van der Waals surface area contributed by atoms with Gasteiger partial charge in [-0.3, -0.25) is 20.2 Å². The molecule has 0 saturated carbocycles. The van der Waals surface area contributed by atoms with Gasteiger partial charge in [-0.1, -0.05) is 0 Å². The Kier molecular flexibility index (Phi) is 6.59. The van der Waals surface area contributed by atoms with Gasteiger partial charge >= 0.3 is 6.18 Å². The number of alkyl halides is 3. The molecule has 1 atom stereocenters. The van der Waals surface area contributed by atoms with Gasteiger partial charge < -0.3 is 14.7 Å². The Labute approximate surface area is 162 Å². The van der Waals surface area contributed by atoms with Crippen LogP contribution < -0.4 is 9.64 Å². The predicted octanol–water partition coefficient (Wildman–Crippen LogP) is 3.40. The van der Waals surface area contributed by atoms with Crippen molar-refractivity contribution in [3.05, 3.63) is 68.3 Å². The maximum Gasteiger partial charge on any atom is 0.416 e. The molecule has 29 heavy (non-hydrogen) atoms. The molecule has 2 rings (SSSR count). The molecule has 12 heteroatoms. The smallest absolute Gasteiger partial charge is 0.416 e. The van der Waals surface area contributed by atoms with E-state index in [1.165, 1.54) is 18.0 Å². The molecule has 1 N–H and O–H groups in total. The molecule has 0 aliphatic heterocycles. The van der Waals surface area contributed by atoms with Crippen LogP contribution in [0.3, 0.4) is 0 Å². The van der Waals surface area contributed by atoms with Gasteiger partial charge in [0.05, 0.1) is 21.5 Å². The standard InChI is InChI=1S/C17H16F3N3O6/c1-21(15-7-4-12(22(25)26)8-16(15)23(27)28)9-13(24)10-29-14-5-2-11(3-6-14)17(18,19)20/h2-8,13,24H,9-10H2,1H3. The average Bonchev–Trinajstić information content (AvgIpc) is 2.65. The fourth-order valence-corrected chi connectivity index (χ4v) is 2.49. The summed E-state index contributed by atoms with van der Waals surface area (Å²) in [5, 5.41) is 32.0. The van der Waals surface area contributed by atoms with E-state index in [2.05, 4.69) is 0 Å². The van der Waals surface area contributed by atoms with Gasteiger partial charge in [-0.15, -0.1) is 0 Å². The number of hydrogen-bond acceptors (Lipinski definition) is 7. The van der Waals surface area contributed by atoms with Crippen molar-refractivity contribution in [1.82, 2.24) is 0 Å². The van der Waals surface area contributed by atoms with Crippen molar-refractivity contribution in [2.75, 3.05) is 25.1 Å². The number of halogens is 3. The minimum absolute atomic E-state index is 0.0502. The minimum atomic E-state index is -4.47. The zero-order valence-corrected chi connectivity index (χ0v) is 15.0. The summed E-state index contributed by atoms with van der Waals surface area (Å²) in [7, 11) is 1.44. The number of benzene rings is 2. The van der Waals surface area contributed by atoms with Crippen molar-refractivity contribution in [1.29, 1.82) is 0 Å². The molecule has 0 fully saturated rings. The number of aliphatic hydroxyl groups is 1. The summed E-state index contributed by atoms with van der Waals surface area (Å²) in [6, 6.07) is 7.02. The van der Waals surface area contributed by atoms with Gasteiger partial charge in [0.2, 0.25) is 0 Å². The Morgan fingerprint density at radius 3 is 2.24 bits per heavy atom. The highest BCUT2D eigenvalue weighted by molar-refractivity contribution is 5.66. The Morgan fingerprint density at radius 2 is 1.72 bits per heavy atom. The first kappa shape index (κ1) is 21.9. The fourth-order valence-electron chi connectivity index (χ4n) is 2.49. The van der Waals surface area contributed by atoms with Crippen LogP contribution in [0.2, 0.25) is 0 Å². The van der Waals surface area contributed by atoms with Gasteiger partial charge in [-0.25, -0.2) is 0 Å². The number of rotatable bonds is 8. The number of likely N-dealkylation sites (N-methyl/N-ethyl adjacent to an activating group) is 1. The molecular weight excluding hydrogens is 399 g/mol. The number of hydrogen-bond donors (Lipinski definition) is 1. The van der Waals surface area contributed by atoms with Gasteiger partial charge in [0, 0.05) is 19.7 Å². The molecule has 0 saturated heterocycles. The first-order valence-electron chi connectivity index (χ1n) is 8.11. The van der Waals surface area contributed by atoms with E-state index in [-0.39, 0.29) is 24.6 Å². The van der Waals surface area contributed by atoms with Crippen LogP contribution in [0, 0.1) is 20.2 Å². The van der Waals surface area contributed by atoms with Crippen LogP contribution in [0.15, 0.2) is 42.5 Å². The van der Waals surface area contributed by atoms with Crippen LogP contribution in [0.25, 0.3) is 0 Å².